The van der Waals surface area contributed by atoms with Crippen LogP contribution in [0.1, 0.15) is 5.56 Å². The molecule has 0 radical (unpaired) electrons. The molecular weight excluding hydrogens is 374 g/mol. The summed E-state index contributed by atoms with van der Waals surface area (Å²) in [5, 5.41) is 3.40. The van der Waals surface area contributed by atoms with Crippen LogP contribution < -0.4 is 14.8 Å². The van der Waals surface area contributed by atoms with Crippen LogP contribution in [0.15, 0.2) is 79.0 Å². The molecule has 1 aromatic heterocycles. The second kappa shape index (κ2) is 8.74. The Bertz CT molecular complexity index is 1120. The number of nitrogens with zero attached hydrogens (tertiary/aromatic N) is 2. The number of hydrogen-bond donors (Lipinski definition) is 1. The first kappa shape index (κ1) is 19.6. The van der Waals surface area contributed by atoms with E-state index in [1.807, 2.05) is 37.5 Å². The van der Waals surface area contributed by atoms with Gasteiger partial charge in [-0.3, -0.25) is 0 Å². The Kier molecular flexibility index (Phi) is 5.70. The summed E-state index contributed by atoms with van der Waals surface area (Å²) in [6.45, 7) is 0.581. The molecule has 5 nitrogen and oxygen atoms in total. The van der Waals surface area contributed by atoms with Gasteiger partial charge in [-0.05, 0) is 34.9 Å². The Morgan fingerprint density at radius 1 is 0.833 bits per heavy atom. The van der Waals surface area contributed by atoms with E-state index in [1.165, 1.54) is 11.1 Å². The van der Waals surface area contributed by atoms with Crippen molar-refractivity contribution < 1.29 is 9.47 Å². The van der Waals surface area contributed by atoms with Crippen LogP contribution in [0.2, 0.25) is 0 Å². The largest absolute Gasteiger partial charge is 0.497 e. The molecule has 0 saturated heterocycles. The van der Waals surface area contributed by atoms with Gasteiger partial charge in [0.15, 0.2) is 0 Å². The van der Waals surface area contributed by atoms with Crippen LogP contribution in [0.25, 0.3) is 22.4 Å². The lowest BCUT2D eigenvalue weighted by atomic mass is 10.0. The van der Waals surface area contributed by atoms with Crippen LogP contribution >= 0.6 is 0 Å². The topological polar surface area (TPSA) is 48.3 Å². The fourth-order valence-corrected chi connectivity index (χ4v) is 3.50. The van der Waals surface area contributed by atoms with Gasteiger partial charge in [-0.15, -0.1) is 0 Å². The average Bonchev–Trinajstić information content (AvgIpc) is 3.18. The highest BCUT2D eigenvalue weighted by Gasteiger charge is 2.11. The molecule has 152 valence electrons. The number of imidazole rings is 1. The van der Waals surface area contributed by atoms with E-state index in [0.717, 1.165) is 34.3 Å². The molecule has 0 aliphatic carbocycles. The lowest BCUT2D eigenvalue weighted by molar-refractivity contribution is 0.399. The Morgan fingerprint density at radius 2 is 1.53 bits per heavy atom. The van der Waals surface area contributed by atoms with Crippen molar-refractivity contribution in [2.24, 2.45) is 7.05 Å². The highest BCUT2D eigenvalue weighted by Crippen LogP contribution is 2.28. The minimum Gasteiger partial charge on any atom is -0.497 e. The highest BCUT2D eigenvalue weighted by atomic mass is 16.5. The van der Waals surface area contributed by atoms with Crippen LogP contribution in [-0.4, -0.2) is 23.8 Å². The number of benzene rings is 3. The van der Waals surface area contributed by atoms with Gasteiger partial charge in [0.05, 0.1) is 26.1 Å². The van der Waals surface area contributed by atoms with Crippen LogP contribution in [0, 0.1) is 0 Å². The van der Waals surface area contributed by atoms with E-state index in [2.05, 4.69) is 63.4 Å². The maximum absolute atomic E-state index is 5.46. The molecule has 0 saturated carbocycles. The van der Waals surface area contributed by atoms with Gasteiger partial charge in [0.1, 0.15) is 11.5 Å². The summed E-state index contributed by atoms with van der Waals surface area (Å²) in [5.74, 6) is 2.41. The van der Waals surface area contributed by atoms with E-state index >= 15 is 0 Å². The fourth-order valence-electron chi connectivity index (χ4n) is 3.50. The molecule has 5 heteroatoms. The van der Waals surface area contributed by atoms with Crippen molar-refractivity contribution in [3.05, 3.63) is 84.6 Å². The number of hydrogen-bond acceptors (Lipinski definition) is 4. The van der Waals surface area contributed by atoms with Gasteiger partial charge in [-0.1, -0.05) is 54.6 Å². The number of ether oxygens (including phenoxy) is 2. The molecule has 3 aromatic carbocycles. The lowest BCUT2D eigenvalue weighted by Gasteiger charge is -2.12. The van der Waals surface area contributed by atoms with Gasteiger partial charge >= 0.3 is 0 Å². The third kappa shape index (κ3) is 4.01. The number of nitrogens with one attached hydrogen (secondary N) is 1. The first-order chi connectivity index (χ1) is 14.7. The molecule has 0 spiro atoms. The van der Waals surface area contributed by atoms with E-state index in [9.17, 15) is 0 Å². The van der Waals surface area contributed by atoms with Crippen LogP contribution in [-0.2, 0) is 13.6 Å². The van der Waals surface area contributed by atoms with Crippen molar-refractivity contribution in [3.63, 3.8) is 0 Å². The van der Waals surface area contributed by atoms with Crippen LogP contribution in [0.3, 0.4) is 0 Å². The maximum atomic E-state index is 5.46. The van der Waals surface area contributed by atoms with Gasteiger partial charge in [-0.2, -0.15) is 0 Å². The molecule has 4 aromatic rings. The minimum absolute atomic E-state index is 0.581. The summed E-state index contributed by atoms with van der Waals surface area (Å²) in [6, 6.07) is 24.7. The van der Waals surface area contributed by atoms with Crippen molar-refractivity contribution in [1.29, 1.82) is 0 Å². The molecule has 0 bridgehead atoms. The van der Waals surface area contributed by atoms with E-state index < -0.39 is 0 Å². The summed E-state index contributed by atoms with van der Waals surface area (Å²) in [4.78, 5) is 4.57. The van der Waals surface area contributed by atoms with Crippen LogP contribution in [0.5, 0.6) is 11.5 Å². The van der Waals surface area contributed by atoms with Gasteiger partial charge in [-0.25, -0.2) is 4.98 Å². The smallest absolute Gasteiger partial charge is 0.203 e. The summed E-state index contributed by atoms with van der Waals surface area (Å²) < 4.78 is 12.9. The Balaban J connectivity index is 1.52. The molecule has 0 unspecified atom stereocenters. The molecule has 0 fully saturated rings. The molecule has 4 rings (SSSR count). The first-order valence-electron chi connectivity index (χ1n) is 9.82. The normalized spacial score (nSPS) is 10.6. The zero-order valence-corrected chi connectivity index (χ0v) is 17.4. The monoisotopic (exact) mass is 399 g/mol. The molecule has 0 aliphatic heterocycles. The zero-order valence-electron chi connectivity index (χ0n) is 17.4. The van der Waals surface area contributed by atoms with Gasteiger partial charge < -0.3 is 19.4 Å². The molecule has 1 N–H and O–H groups in total. The standard InChI is InChI=1S/C25H25N3O2/c1-28-23(20-11-9-19(10-12-20)18-7-5-4-6-8-18)17-27-25(28)26-16-21-15-22(29-2)13-14-24(21)30-3/h4-15,17H,16H2,1-3H3,(H,26,27). The van der Waals surface area contributed by atoms with E-state index in [1.54, 1.807) is 14.2 Å². The minimum atomic E-state index is 0.581. The first-order valence-corrected chi connectivity index (χ1v) is 9.82. The Labute approximate surface area is 176 Å². The summed E-state index contributed by atoms with van der Waals surface area (Å²) in [5.41, 5.74) is 5.59. The number of rotatable bonds is 7. The molecule has 0 amide bonds. The second-order valence-electron chi connectivity index (χ2n) is 7.00. The van der Waals surface area contributed by atoms with E-state index in [4.69, 9.17) is 9.47 Å². The Morgan fingerprint density at radius 3 is 2.23 bits per heavy atom. The second-order valence-corrected chi connectivity index (χ2v) is 7.00. The quantitative estimate of drug-likeness (QED) is 0.453. The van der Waals surface area contributed by atoms with Gasteiger partial charge in [0.25, 0.3) is 0 Å². The lowest BCUT2D eigenvalue weighted by Crippen LogP contribution is -2.07. The van der Waals surface area contributed by atoms with Crippen LogP contribution in [0.4, 0.5) is 5.95 Å². The molecule has 30 heavy (non-hydrogen) atoms. The van der Waals surface area contributed by atoms with Crippen molar-refractivity contribution in [3.8, 4) is 33.9 Å². The van der Waals surface area contributed by atoms with Crippen molar-refractivity contribution in [2.75, 3.05) is 19.5 Å². The van der Waals surface area contributed by atoms with Crippen molar-refractivity contribution >= 4 is 5.95 Å². The average molecular weight is 399 g/mol. The number of methoxy groups -OCH3 is 2. The fraction of sp³-hybridized carbons (Fsp3) is 0.160. The maximum Gasteiger partial charge on any atom is 0.203 e. The number of aromatic nitrogens is 2. The van der Waals surface area contributed by atoms with E-state index in [0.29, 0.717) is 6.54 Å². The third-order valence-corrected chi connectivity index (χ3v) is 5.20. The van der Waals surface area contributed by atoms with Crippen molar-refractivity contribution in [2.45, 2.75) is 6.54 Å². The van der Waals surface area contributed by atoms with Gasteiger partial charge in [0.2, 0.25) is 5.95 Å². The summed E-state index contributed by atoms with van der Waals surface area (Å²) in [7, 11) is 5.34. The molecule has 0 atom stereocenters. The molecule has 0 aliphatic rings. The summed E-state index contributed by atoms with van der Waals surface area (Å²) >= 11 is 0. The predicted molar refractivity (Wildman–Crippen MR) is 121 cm³/mol. The predicted octanol–water partition coefficient (Wildman–Crippen LogP) is 5.38. The number of anilines is 1. The molecule has 1 heterocycles. The van der Waals surface area contributed by atoms with Gasteiger partial charge in [0, 0.05) is 19.2 Å². The zero-order chi connectivity index (χ0) is 20.9. The SMILES string of the molecule is COc1ccc(OC)c(CNc2ncc(-c3ccc(-c4ccccc4)cc3)n2C)c1. The third-order valence-electron chi connectivity index (χ3n) is 5.20. The summed E-state index contributed by atoms with van der Waals surface area (Å²) in [6.07, 6.45) is 1.89. The Hall–Kier alpha value is -3.73. The van der Waals surface area contributed by atoms with E-state index in [-0.39, 0.29) is 0 Å². The highest BCUT2D eigenvalue weighted by molar-refractivity contribution is 5.69. The van der Waals surface area contributed by atoms with Crippen molar-refractivity contribution in [1.82, 2.24) is 9.55 Å². The molecular formula is C25H25N3O2.